The van der Waals surface area contributed by atoms with Gasteiger partial charge in [0.2, 0.25) is 0 Å². The molecule has 0 saturated heterocycles. The minimum absolute atomic E-state index is 0.262. The monoisotopic (exact) mass is 217 g/mol. The smallest absolute Gasteiger partial charge is 0.0638 e. The predicted molar refractivity (Wildman–Crippen MR) is 66.7 cm³/mol. The maximum absolute atomic E-state index is 8.68. The van der Waals surface area contributed by atoms with E-state index in [9.17, 15) is 0 Å². The third-order valence-electron chi connectivity index (χ3n) is 3.11. The standard InChI is InChI=1S/C13H19N3/c1-10(8-9-14)16(3)11(2)12-4-6-13(15)7-5-12/h4-7,10-11H,8,15H2,1-3H3. The van der Waals surface area contributed by atoms with Crippen LogP contribution in [-0.4, -0.2) is 18.0 Å². The van der Waals surface area contributed by atoms with Crippen LogP contribution >= 0.6 is 0 Å². The first-order valence-corrected chi connectivity index (χ1v) is 5.50. The first-order chi connectivity index (χ1) is 7.56. The number of hydrogen-bond acceptors (Lipinski definition) is 3. The molecule has 1 aromatic rings. The zero-order valence-electron chi connectivity index (χ0n) is 10.1. The van der Waals surface area contributed by atoms with Crippen LogP contribution in [0.4, 0.5) is 5.69 Å². The van der Waals surface area contributed by atoms with Crippen molar-refractivity contribution in [1.29, 1.82) is 5.26 Å². The van der Waals surface area contributed by atoms with Crippen LogP contribution in [0.1, 0.15) is 31.9 Å². The maximum Gasteiger partial charge on any atom is 0.0638 e. The fraction of sp³-hybridized carbons (Fsp3) is 0.462. The highest BCUT2D eigenvalue weighted by Crippen LogP contribution is 2.22. The molecule has 1 aromatic carbocycles. The molecule has 3 nitrogen and oxygen atoms in total. The zero-order valence-corrected chi connectivity index (χ0v) is 10.1. The van der Waals surface area contributed by atoms with Crippen molar-refractivity contribution in [3.05, 3.63) is 29.8 Å². The summed E-state index contributed by atoms with van der Waals surface area (Å²) in [7, 11) is 2.04. The van der Waals surface area contributed by atoms with Crippen molar-refractivity contribution in [3.63, 3.8) is 0 Å². The van der Waals surface area contributed by atoms with Crippen LogP contribution in [0.25, 0.3) is 0 Å². The Kier molecular flexibility index (Phi) is 4.33. The molecular weight excluding hydrogens is 198 g/mol. The minimum atomic E-state index is 0.262. The van der Waals surface area contributed by atoms with Gasteiger partial charge in [-0.25, -0.2) is 0 Å². The Balaban J connectivity index is 2.74. The molecule has 0 fully saturated rings. The lowest BCUT2D eigenvalue weighted by Crippen LogP contribution is -2.31. The van der Waals surface area contributed by atoms with Crippen molar-refractivity contribution < 1.29 is 0 Å². The Labute approximate surface area is 97.5 Å². The molecule has 0 radical (unpaired) electrons. The number of nitrogen functional groups attached to an aromatic ring is 1. The van der Waals surface area contributed by atoms with Gasteiger partial charge in [0, 0.05) is 17.8 Å². The van der Waals surface area contributed by atoms with Crippen LogP contribution in [0.5, 0.6) is 0 Å². The summed E-state index contributed by atoms with van der Waals surface area (Å²) in [6, 6.07) is 10.7. The van der Waals surface area contributed by atoms with Crippen LogP contribution in [0.3, 0.4) is 0 Å². The average Bonchev–Trinajstić information content (AvgIpc) is 2.28. The molecule has 0 aromatic heterocycles. The molecule has 0 amide bonds. The Morgan fingerprint density at radius 1 is 1.31 bits per heavy atom. The third kappa shape index (κ3) is 2.98. The lowest BCUT2D eigenvalue weighted by Gasteiger charge is -2.29. The molecule has 1 rings (SSSR count). The van der Waals surface area contributed by atoms with E-state index in [1.165, 1.54) is 5.56 Å². The van der Waals surface area contributed by atoms with E-state index in [0.29, 0.717) is 12.5 Å². The van der Waals surface area contributed by atoms with Gasteiger partial charge < -0.3 is 5.73 Å². The van der Waals surface area contributed by atoms with E-state index in [-0.39, 0.29) is 6.04 Å². The second-order valence-corrected chi connectivity index (χ2v) is 4.22. The Bertz CT molecular complexity index is 364. The first-order valence-electron chi connectivity index (χ1n) is 5.50. The number of benzene rings is 1. The molecule has 86 valence electrons. The summed E-state index contributed by atoms with van der Waals surface area (Å²) in [4.78, 5) is 2.20. The Morgan fingerprint density at radius 2 is 1.88 bits per heavy atom. The summed E-state index contributed by atoms with van der Waals surface area (Å²) in [6.45, 7) is 4.20. The van der Waals surface area contributed by atoms with Crippen LogP contribution in [-0.2, 0) is 0 Å². The van der Waals surface area contributed by atoms with Crippen LogP contribution < -0.4 is 5.73 Å². The van der Waals surface area contributed by atoms with Gasteiger partial charge in [0.1, 0.15) is 0 Å². The summed E-state index contributed by atoms with van der Waals surface area (Å²) < 4.78 is 0. The number of nitriles is 1. The van der Waals surface area contributed by atoms with E-state index >= 15 is 0 Å². The molecule has 0 aliphatic rings. The van der Waals surface area contributed by atoms with Gasteiger partial charge in [-0.2, -0.15) is 5.26 Å². The van der Waals surface area contributed by atoms with Crippen molar-refractivity contribution in [2.24, 2.45) is 0 Å². The van der Waals surface area contributed by atoms with E-state index in [1.54, 1.807) is 0 Å². The van der Waals surface area contributed by atoms with Crippen molar-refractivity contribution in [1.82, 2.24) is 4.90 Å². The van der Waals surface area contributed by atoms with E-state index < -0.39 is 0 Å². The molecule has 0 heterocycles. The summed E-state index contributed by atoms with van der Waals surface area (Å²) in [5, 5.41) is 8.68. The summed E-state index contributed by atoms with van der Waals surface area (Å²) in [5.74, 6) is 0. The third-order valence-corrected chi connectivity index (χ3v) is 3.11. The quantitative estimate of drug-likeness (QED) is 0.789. The van der Waals surface area contributed by atoms with Crippen LogP contribution in [0.2, 0.25) is 0 Å². The second-order valence-electron chi connectivity index (χ2n) is 4.22. The lowest BCUT2D eigenvalue weighted by atomic mass is 10.0. The van der Waals surface area contributed by atoms with Crippen molar-refractivity contribution >= 4 is 5.69 Å². The van der Waals surface area contributed by atoms with E-state index in [4.69, 9.17) is 11.0 Å². The molecule has 0 saturated carbocycles. The van der Waals surface area contributed by atoms with Gasteiger partial charge in [0.25, 0.3) is 0 Å². The molecule has 16 heavy (non-hydrogen) atoms. The highest BCUT2D eigenvalue weighted by molar-refractivity contribution is 5.40. The Morgan fingerprint density at radius 3 is 2.38 bits per heavy atom. The topological polar surface area (TPSA) is 53.0 Å². The predicted octanol–water partition coefficient (Wildman–Crippen LogP) is 2.56. The van der Waals surface area contributed by atoms with Crippen molar-refractivity contribution in [2.75, 3.05) is 12.8 Å². The minimum Gasteiger partial charge on any atom is -0.399 e. The van der Waals surface area contributed by atoms with E-state index in [1.807, 2.05) is 31.3 Å². The fourth-order valence-electron chi connectivity index (χ4n) is 1.67. The zero-order chi connectivity index (χ0) is 12.1. The summed E-state index contributed by atoms with van der Waals surface area (Å²) >= 11 is 0. The highest BCUT2D eigenvalue weighted by Gasteiger charge is 2.16. The molecule has 0 aliphatic carbocycles. The molecule has 2 unspecified atom stereocenters. The molecular formula is C13H19N3. The van der Waals surface area contributed by atoms with Gasteiger partial charge >= 0.3 is 0 Å². The van der Waals surface area contributed by atoms with Crippen LogP contribution in [0.15, 0.2) is 24.3 Å². The highest BCUT2D eigenvalue weighted by atomic mass is 15.1. The summed E-state index contributed by atoms with van der Waals surface area (Å²) in [6.07, 6.45) is 0.551. The Hall–Kier alpha value is -1.53. The SMILES string of the molecule is CC(CC#N)N(C)C(C)c1ccc(N)cc1. The lowest BCUT2D eigenvalue weighted by molar-refractivity contribution is 0.200. The number of hydrogen-bond donors (Lipinski definition) is 1. The number of anilines is 1. The molecule has 2 atom stereocenters. The number of nitrogens with two attached hydrogens (primary N) is 1. The summed E-state index contributed by atoms with van der Waals surface area (Å²) in [5.41, 5.74) is 7.66. The van der Waals surface area contributed by atoms with Gasteiger partial charge in [0.05, 0.1) is 12.5 Å². The number of rotatable bonds is 4. The largest absolute Gasteiger partial charge is 0.399 e. The maximum atomic E-state index is 8.68. The van der Waals surface area contributed by atoms with E-state index in [0.717, 1.165) is 5.69 Å². The number of nitrogens with zero attached hydrogens (tertiary/aromatic N) is 2. The van der Waals surface area contributed by atoms with Gasteiger partial charge in [-0.3, -0.25) is 4.90 Å². The van der Waals surface area contributed by atoms with Gasteiger partial charge in [-0.15, -0.1) is 0 Å². The molecule has 2 N–H and O–H groups in total. The van der Waals surface area contributed by atoms with Crippen molar-refractivity contribution in [2.45, 2.75) is 32.4 Å². The fourth-order valence-corrected chi connectivity index (χ4v) is 1.67. The van der Waals surface area contributed by atoms with Gasteiger partial charge in [-0.05, 0) is 38.6 Å². The van der Waals surface area contributed by atoms with Crippen LogP contribution in [0, 0.1) is 11.3 Å². The molecule has 0 spiro atoms. The van der Waals surface area contributed by atoms with Crippen molar-refractivity contribution in [3.8, 4) is 6.07 Å². The second kappa shape index (κ2) is 5.53. The van der Waals surface area contributed by atoms with Gasteiger partial charge in [0.15, 0.2) is 0 Å². The van der Waals surface area contributed by atoms with Gasteiger partial charge in [-0.1, -0.05) is 12.1 Å². The first kappa shape index (κ1) is 12.5. The average molecular weight is 217 g/mol. The molecule has 0 aliphatic heterocycles. The van der Waals surface area contributed by atoms with E-state index in [2.05, 4.69) is 24.8 Å². The molecule has 3 heteroatoms. The molecule has 0 bridgehead atoms. The normalized spacial score (nSPS) is 14.4.